The Morgan fingerprint density at radius 3 is 1.77 bits per heavy atom. The molecule has 0 radical (unpaired) electrons. The lowest BCUT2D eigenvalue weighted by Gasteiger charge is -2.38. The van der Waals surface area contributed by atoms with Crippen molar-refractivity contribution in [2.45, 2.75) is 149 Å². The van der Waals surface area contributed by atoms with Gasteiger partial charge in [-0.1, -0.05) is 91.2 Å². The number of carbonyl (C=O) groups is 2. The first-order valence-electron chi connectivity index (χ1n) is 14.1. The van der Waals surface area contributed by atoms with Crippen LogP contribution in [0.5, 0.6) is 0 Å². The first-order valence-corrected chi connectivity index (χ1v) is 17.0. The number of ether oxygens (including phenoxy) is 2. The third kappa shape index (κ3) is 19.7. The van der Waals surface area contributed by atoms with Crippen molar-refractivity contribution in [1.29, 1.82) is 0 Å². The molecule has 0 rings (SSSR count). The van der Waals surface area contributed by atoms with Gasteiger partial charge in [-0.05, 0) is 50.2 Å². The minimum atomic E-state index is -2.06. The predicted octanol–water partition coefficient (Wildman–Crippen LogP) is 8.52. The number of allylic oxidation sites excluding steroid dienone is 2. The maximum Gasteiger partial charge on any atom is 0.305 e. The fourth-order valence-corrected chi connectivity index (χ4v) is 4.84. The summed E-state index contributed by atoms with van der Waals surface area (Å²) in [5.74, 6) is -0.553. The highest BCUT2D eigenvalue weighted by atomic mass is 28.4. The van der Waals surface area contributed by atoms with E-state index in [2.05, 4.69) is 52.9 Å². The number of esters is 2. The normalized spacial score (nSPS) is 13.2. The Hall–Kier alpha value is -1.14. The summed E-state index contributed by atoms with van der Waals surface area (Å²) in [7, 11) is -2.06. The molecular weight excluding hydrogens is 456 g/mol. The van der Waals surface area contributed by atoms with E-state index in [4.69, 9.17) is 13.9 Å². The molecule has 206 valence electrons. The molecule has 0 saturated carbocycles. The molecular formula is C29H56O5Si. The average molecular weight is 513 g/mol. The minimum Gasteiger partial charge on any atom is -0.463 e. The molecule has 0 bridgehead atoms. The van der Waals surface area contributed by atoms with E-state index in [1.54, 1.807) is 0 Å². The molecule has 0 spiro atoms. The van der Waals surface area contributed by atoms with Crippen LogP contribution in [0.3, 0.4) is 0 Å². The number of carbonyl (C=O) groups excluding carboxylic acids is 2. The van der Waals surface area contributed by atoms with Crippen molar-refractivity contribution in [1.82, 2.24) is 0 Å². The summed E-state index contributed by atoms with van der Waals surface area (Å²) in [4.78, 5) is 23.4. The zero-order valence-corrected chi connectivity index (χ0v) is 25.1. The molecule has 5 nitrogen and oxygen atoms in total. The van der Waals surface area contributed by atoms with Gasteiger partial charge < -0.3 is 13.9 Å². The predicted molar refractivity (Wildman–Crippen MR) is 149 cm³/mol. The molecule has 0 aromatic heterocycles. The van der Waals surface area contributed by atoms with E-state index < -0.39 is 14.4 Å². The average Bonchev–Trinajstić information content (AvgIpc) is 2.77. The van der Waals surface area contributed by atoms with E-state index in [1.807, 2.05) is 0 Å². The Morgan fingerprint density at radius 2 is 1.26 bits per heavy atom. The number of rotatable bonds is 21. The molecule has 0 aliphatic carbocycles. The smallest absolute Gasteiger partial charge is 0.305 e. The first-order chi connectivity index (χ1) is 16.5. The quantitative estimate of drug-likeness (QED) is 0.0667. The highest BCUT2D eigenvalue weighted by Gasteiger charge is 2.39. The van der Waals surface area contributed by atoms with Gasteiger partial charge in [-0.15, -0.1) is 0 Å². The van der Waals surface area contributed by atoms with Gasteiger partial charge in [0.1, 0.15) is 19.3 Å². The van der Waals surface area contributed by atoms with Gasteiger partial charge in [-0.2, -0.15) is 0 Å². The Labute approximate surface area is 217 Å². The topological polar surface area (TPSA) is 61.8 Å². The molecule has 0 aliphatic heterocycles. The first kappa shape index (κ1) is 33.9. The van der Waals surface area contributed by atoms with Crippen molar-refractivity contribution in [2.24, 2.45) is 0 Å². The molecule has 0 N–H and O–H groups in total. The third-order valence-corrected chi connectivity index (χ3v) is 11.3. The zero-order valence-electron chi connectivity index (χ0n) is 24.1. The van der Waals surface area contributed by atoms with Gasteiger partial charge in [0.25, 0.3) is 0 Å². The van der Waals surface area contributed by atoms with E-state index in [0.29, 0.717) is 6.42 Å². The van der Waals surface area contributed by atoms with Crippen LogP contribution in [0.1, 0.15) is 125 Å². The van der Waals surface area contributed by atoms with Gasteiger partial charge in [-0.3, -0.25) is 9.59 Å². The van der Waals surface area contributed by atoms with Crippen molar-refractivity contribution in [3.8, 4) is 0 Å². The van der Waals surface area contributed by atoms with Crippen LogP contribution in [-0.2, 0) is 23.5 Å². The van der Waals surface area contributed by atoms with Crippen LogP contribution in [0.25, 0.3) is 0 Å². The van der Waals surface area contributed by atoms with Gasteiger partial charge in [0, 0.05) is 13.3 Å². The fourth-order valence-electron chi connectivity index (χ4n) is 3.52. The molecule has 6 heteroatoms. The van der Waals surface area contributed by atoms with Crippen LogP contribution >= 0.6 is 0 Å². The SMILES string of the molecule is CCCCCCCC/C=C\CCCCCCCC(=O)OC[C@@H](COC(C)=O)O[Si](C)(C)C(C)(C)C. The minimum absolute atomic E-state index is 0.0230. The van der Waals surface area contributed by atoms with Gasteiger partial charge in [0.15, 0.2) is 8.32 Å². The molecule has 1 atom stereocenters. The summed E-state index contributed by atoms with van der Waals surface area (Å²) < 4.78 is 16.9. The van der Waals surface area contributed by atoms with Gasteiger partial charge in [-0.25, -0.2) is 0 Å². The second-order valence-corrected chi connectivity index (χ2v) is 16.1. The van der Waals surface area contributed by atoms with E-state index in [-0.39, 0.29) is 30.2 Å². The highest BCUT2D eigenvalue weighted by molar-refractivity contribution is 6.74. The number of hydrogen-bond donors (Lipinski definition) is 0. The summed E-state index contributed by atoms with van der Waals surface area (Å²) in [5.41, 5.74) is 0. The molecule has 0 fully saturated rings. The van der Waals surface area contributed by atoms with E-state index >= 15 is 0 Å². The standard InChI is InChI=1S/C29H56O5Si/c1-8-9-10-11-12-13-14-15-16-17-18-19-20-21-22-23-28(31)33-25-27(24-32-26(2)30)34-35(6,7)29(3,4)5/h15-16,27H,8-14,17-25H2,1-7H3/b16-15-/t27-/m1/s1. The van der Waals surface area contributed by atoms with E-state index in [9.17, 15) is 9.59 Å². The van der Waals surface area contributed by atoms with Crippen LogP contribution in [0.2, 0.25) is 18.1 Å². The fraction of sp³-hybridized carbons (Fsp3) is 0.862. The molecule has 35 heavy (non-hydrogen) atoms. The van der Waals surface area contributed by atoms with Crippen molar-refractivity contribution in [3.05, 3.63) is 12.2 Å². The summed E-state index contributed by atoms with van der Waals surface area (Å²) in [6.45, 7) is 14.6. The third-order valence-electron chi connectivity index (χ3n) is 6.81. The van der Waals surface area contributed by atoms with Crippen molar-refractivity contribution in [3.63, 3.8) is 0 Å². The van der Waals surface area contributed by atoms with Crippen LogP contribution in [0, 0.1) is 0 Å². The molecule has 0 unspecified atom stereocenters. The lowest BCUT2D eigenvalue weighted by Crippen LogP contribution is -2.46. The molecule has 0 aromatic rings. The second-order valence-electron chi connectivity index (χ2n) is 11.3. The Balaban J connectivity index is 3.93. The van der Waals surface area contributed by atoms with Gasteiger partial charge >= 0.3 is 11.9 Å². The summed E-state index contributed by atoms with van der Waals surface area (Å²) in [6, 6.07) is 0. The van der Waals surface area contributed by atoms with E-state index in [1.165, 1.54) is 64.7 Å². The van der Waals surface area contributed by atoms with Crippen LogP contribution < -0.4 is 0 Å². The monoisotopic (exact) mass is 512 g/mol. The Kier molecular flexibility index (Phi) is 19.3. The number of unbranched alkanes of at least 4 members (excludes halogenated alkanes) is 11. The summed E-state index contributed by atoms with van der Waals surface area (Å²) in [5, 5.41) is 0.0230. The lowest BCUT2D eigenvalue weighted by atomic mass is 10.1. The molecule has 0 heterocycles. The maximum atomic E-state index is 12.2. The molecule has 0 aliphatic rings. The van der Waals surface area contributed by atoms with Gasteiger partial charge in [0.05, 0.1) is 0 Å². The van der Waals surface area contributed by atoms with Crippen LogP contribution in [0.15, 0.2) is 12.2 Å². The second kappa shape index (κ2) is 20.0. The Bertz CT molecular complexity index is 580. The molecule has 0 aromatic carbocycles. The van der Waals surface area contributed by atoms with Gasteiger partial charge in [0.2, 0.25) is 0 Å². The van der Waals surface area contributed by atoms with Crippen molar-refractivity contribution in [2.75, 3.05) is 13.2 Å². The number of hydrogen-bond acceptors (Lipinski definition) is 5. The van der Waals surface area contributed by atoms with E-state index in [0.717, 1.165) is 25.7 Å². The van der Waals surface area contributed by atoms with Crippen molar-refractivity contribution < 1.29 is 23.5 Å². The van der Waals surface area contributed by atoms with Crippen LogP contribution in [-0.4, -0.2) is 39.6 Å². The van der Waals surface area contributed by atoms with Crippen LogP contribution in [0.4, 0.5) is 0 Å². The lowest BCUT2D eigenvalue weighted by molar-refractivity contribution is -0.150. The van der Waals surface area contributed by atoms with Crippen molar-refractivity contribution >= 4 is 20.3 Å². The maximum absolute atomic E-state index is 12.2. The Morgan fingerprint density at radius 1 is 0.771 bits per heavy atom. The summed E-state index contributed by atoms with van der Waals surface area (Å²) in [6.07, 6.45) is 20.7. The molecule has 0 amide bonds. The zero-order chi connectivity index (χ0) is 26.6. The molecule has 0 saturated heterocycles. The summed E-state index contributed by atoms with van der Waals surface area (Å²) >= 11 is 0. The largest absolute Gasteiger partial charge is 0.463 e. The highest BCUT2D eigenvalue weighted by Crippen LogP contribution is 2.37.